The lowest BCUT2D eigenvalue weighted by atomic mass is 9.98. The van der Waals surface area contributed by atoms with Gasteiger partial charge in [-0.2, -0.15) is 9.29 Å². The minimum absolute atomic E-state index is 0.114. The largest absolute Gasteiger partial charge is 0.339 e. The van der Waals surface area contributed by atoms with Crippen LogP contribution in [0.2, 0.25) is 0 Å². The molecule has 4 rings (SSSR count). The standard InChI is InChI=1S/C20H19F2N3O3S/c1-13-5-2-3-6-15(13)19-23-20(28-24-19)14-9-11-25(12-10-14)29(26,27)18-16(21)7-4-8-17(18)22/h2-8,14H,9-12H2,1H3. The highest BCUT2D eigenvalue weighted by molar-refractivity contribution is 7.89. The van der Waals surface area contributed by atoms with Crippen LogP contribution in [0.4, 0.5) is 8.78 Å². The van der Waals surface area contributed by atoms with E-state index in [-0.39, 0.29) is 19.0 Å². The van der Waals surface area contributed by atoms with Crippen molar-refractivity contribution in [3.05, 3.63) is 65.6 Å². The first-order valence-corrected chi connectivity index (χ1v) is 10.7. The maximum atomic E-state index is 14.0. The molecule has 6 nitrogen and oxygen atoms in total. The van der Waals surface area contributed by atoms with E-state index < -0.39 is 26.6 Å². The Morgan fingerprint density at radius 1 is 1.03 bits per heavy atom. The maximum absolute atomic E-state index is 14.0. The molecule has 9 heteroatoms. The summed E-state index contributed by atoms with van der Waals surface area (Å²) in [5.41, 5.74) is 1.89. The zero-order valence-electron chi connectivity index (χ0n) is 15.7. The molecule has 0 spiro atoms. The third-order valence-electron chi connectivity index (χ3n) is 5.15. The molecule has 0 aliphatic carbocycles. The molecule has 1 aliphatic rings. The predicted octanol–water partition coefficient (Wildman–Crippen LogP) is 3.89. The normalized spacial score (nSPS) is 16.2. The van der Waals surface area contributed by atoms with Crippen molar-refractivity contribution in [2.45, 2.75) is 30.6 Å². The molecule has 2 heterocycles. The van der Waals surface area contributed by atoms with Gasteiger partial charge in [-0.3, -0.25) is 0 Å². The molecular weight excluding hydrogens is 400 g/mol. The summed E-state index contributed by atoms with van der Waals surface area (Å²) < 4.78 is 59.8. The van der Waals surface area contributed by atoms with Crippen LogP contribution in [0, 0.1) is 18.6 Å². The summed E-state index contributed by atoms with van der Waals surface area (Å²) in [5, 5.41) is 4.04. The molecule has 152 valence electrons. The first-order valence-electron chi connectivity index (χ1n) is 9.21. The second-order valence-corrected chi connectivity index (χ2v) is 8.88. The van der Waals surface area contributed by atoms with Crippen molar-refractivity contribution in [1.29, 1.82) is 0 Å². The number of halogens is 2. The fraction of sp³-hybridized carbons (Fsp3) is 0.300. The van der Waals surface area contributed by atoms with E-state index in [1.165, 1.54) is 0 Å². The second-order valence-electron chi connectivity index (χ2n) is 7.00. The van der Waals surface area contributed by atoms with Crippen molar-refractivity contribution in [1.82, 2.24) is 14.4 Å². The summed E-state index contributed by atoms with van der Waals surface area (Å²) in [6.07, 6.45) is 0.843. The summed E-state index contributed by atoms with van der Waals surface area (Å²) in [7, 11) is -4.26. The number of benzene rings is 2. The number of piperidine rings is 1. The second kappa shape index (κ2) is 7.64. The smallest absolute Gasteiger partial charge is 0.248 e. The lowest BCUT2D eigenvalue weighted by Crippen LogP contribution is -2.38. The molecule has 29 heavy (non-hydrogen) atoms. The van der Waals surface area contributed by atoms with Crippen LogP contribution in [0.3, 0.4) is 0 Å². The molecule has 3 aromatic rings. The highest BCUT2D eigenvalue weighted by Crippen LogP contribution is 2.32. The van der Waals surface area contributed by atoms with Gasteiger partial charge in [-0.1, -0.05) is 35.5 Å². The van der Waals surface area contributed by atoms with E-state index in [4.69, 9.17) is 4.52 Å². The molecule has 1 fully saturated rings. The monoisotopic (exact) mass is 419 g/mol. The minimum Gasteiger partial charge on any atom is -0.339 e. The van der Waals surface area contributed by atoms with Crippen LogP contribution < -0.4 is 0 Å². The summed E-state index contributed by atoms with van der Waals surface area (Å²) in [5.74, 6) is -1.37. The van der Waals surface area contributed by atoms with Crippen LogP contribution in [0.15, 0.2) is 51.9 Å². The lowest BCUT2D eigenvalue weighted by Gasteiger charge is -2.29. The van der Waals surface area contributed by atoms with E-state index in [1.807, 2.05) is 31.2 Å². The Balaban J connectivity index is 1.50. The molecule has 1 saturated heterocycles. The van der Waals surface area contributed by atoms with E-state index >= 15 is 0 Å². The molecule has 2 aromatic carbocycles. The topological polar surface area (TPSA) is 76.3 Å². The van der Waals surface area contributed by atoms with Crippen LogP contribution in [0.25, 0.3) is 11.4 Å². The molecule has 0 N–H and O–H groups in total. The first kappa shape index (κ1) is 19.7. The van der Waals surface area contributed by atoms with Crippen molar-refractivity contribution in [3.8, 4) is 11.4 Å². The van der Waals surface area contributed by atoms with Crippen molar-refractivity contribution in [3.63, 3.8) is 0 Å². The Morgan fingerprint density at radius 3 is 2.34 bits per heavy atom. The van der Waals surface area contributed by atoms with Gasteiger partial charge in [0.1, 0.15) is 11.6 Å². The molecule has 1 aromatic heterocycles. The first-order chi connectivity index (χ1) is 13.9. The van der Waals surface area contributed by atoms with Gasteiger partial charge in [-0.25, -0.2) is 17.2 Å². The van der Waals surface area contributed by atoms with Crippen molar-refractivity contribution in [2.24, 2.45) is 0 Å². The highest BCUT2D eigenvalue weighted by atomic mass is 32.2. The van der Waals surface area contributed by atoms with Gasteiger partial charge in [0.05, 0.1) is 0 Å². The number of hydrogen-bond acceptors (Lipinski definition) is 5. The van der Waals surface area contributed by atoms with E-state index in [9.17, 15) is 17.2 Å². The molecule has 0 unspecified atom stereocenters. The molecular formula is C20H19F2N3O3S. The average molecular weight is 419 g/mol. The number of aryl methyl sites for hydroxylation is 1. The number of hydrogen-bond donors (Lipinski definition) is 0. The van der Waals surface area contributed by atoms with Crippen LogP contribution in [-0.4, -0.2) is 36.0 Å². The number of nitrogens with zero attached hydrogens (tertiary/aromatic N) is 3. The summed E-state index contributed by atoms with van der Waals surface area (Å²) >= 11 is 0. The molecule has 0 bridgehead atoms. The molecule has 0 amide bonds. The van der Waals surface area contributed by atoms with Crippen LogP contribution in [0.5, 0.6) is 0 Å². The Kier molecular flexibility index (Phi) is 5.18. The Bertz CT molecular complexity index is 1120. The van der Waals surface area contributed by atoms with Crippen molar-refractivity contribution >= 4 is 10.0 Å². The predicted molar refractivity (Wildman–Crippen MR) is 102 cm³/mol. The number of rotatable bonds is 4. The minimum atomic E-state index is -4.26. The van der Waals surface area contributed by atoms with Gasteiger partial charge in [-0.15, -0.1) is 0 Å². The van der Waals surface area contributed by atoms with Crippen molar-refractivity contribution in [2.75, 3.05) is 13.1 Å². The Hall–Kier alpha value is -2.65. The van der Waals surface area contributed by atoms with Gasteiger partial charge in [0.25, 0.3) is 0 Å². The van der Waals surface area contributed by atoms with Crippen LogP contribution >= 0.6 is 0 Å². The van der Waals surface area contributed by atoms with E-state index in [0.29, 0.717) is 24.6 Å². The zero-order valence-corrected chi connectivity index (χ0v) is 16.5. The molecule has 0 radical (unpaired) electrons. The molecule has 0 saturated carbocycles. The van der Waals surface area contributed by atoms with Gasteiger partial charge < -0.3 is 4.52 Å². The summed E-state index contributed by atoms with van der Waals surface area (Å²) in [6, 6.07) is 10.7. The Labute approximate surface area is 167 Å². The quantitative estimate of drug-likeness (QED) is 0.641. The van der Waals surface area contributed by atoms with Gasteiger partial charge >= 0.3 is 0 Å². The van der Waals surface area contributed by atoms with E-state index in [2.05, 4.69) is 10.1 Å². The van der Waals surface area contributed by atoms with Gasteiger partial charge in [0, 0.05) is 24.6 Å². The summed E-state index contributed by atoms with van der Waals surface area (Å²) in [6.45, 7) is 2.18. The van der Waals surface area contributed by atoms with Crippen LogP contribution in [0.1, 0.15) is 30.2 Å². The SMILES string of the molecule is Cc1ccccc1-c1noc(C2CCN(S(=O)(=O)c3c(F)cccc3F)CC2)n1. The van der Waals surface area contributed by atoms with Crippen LogP contribution in [-0.2, 0) is 10.0 Å². The van der Waals surface area contributed by atoms with Crippen molar-refractivity contribution < 1.29 is 21.7 Å². The maximum Gasteiger partial charge on any atom is 0.248 e. The lowest BCUT2D eigenvalue weighted by molar-refractivity contribution is 0.269. The van der Waals surface area contributed by atoms with E-state index in [0.717, 1.165) is 33.6 Å². The summed E-state index contributed by atoms with van der Waals surface area (Å²) in [4.78, 5) is 3.57. The number of sulfonamides is 1. The Morgan fingerprint density at radius 2 is 1.69 bits per heavy atom. The highest BCUT2D eigenvalue weighted by Gasteiger charge is 2.35. The fourth-order valence-electron chi connectivity index (χ4n) is 3.54. The van der Waals surface area contributed by atoms with Gasteiger partial charge in [0.15, 0.2) is 4.90 Å². The molecule has 0 atom stereocenters. The van der Waals surface area contributed by atoms with Gasteiger partial charge in [0.2, 0.25) is 21.7 Å². The third kappa shape index (κ3) is 3.67. The third-order valence-corrected chi connectivity index (χ3v) is 7.10. The van der Waals surface area contributed by atoms with Gasteiger partial charge in [-0.05, 0) is 37.5 Å². The van der Waals surface area contributed by atoms with E-state index in [1.54, 1.807) is 0 Å². The molecule has 1 aliphatic heterocycles. The fourth-order valence-corrected chi connectivity index (χ4v) is 5.11. The average Bonchev–Trinajstić information content (AvgIpc) is 3.18. The number of aromatic nitrogens is 2. The zero-order chi connectivity index (χ0) is 20.6.